The second-order valence-corrected chi connectivity index (χ2v) is 3.22. The second kappa shape index (κ2) is 3.67. The molecule has 0 aromatic heterocycles. The summed E-state index contributed by atoms with van der Waals surface area (Å²) >= 11 is 0. The van der Waals surface area contributed by atoms with E-state index >= 15 is 0 Å². The molecule has 0 spiro atoms. The number of hydrogen-bond acceptors (Lipinski definition) is 4. The molecule has 1 aliphatic heterocycles. The number of fused-ring (bicyclic) bond motifs is 1. The van der Waals surface area contributed by atoms with Crippen molar-refractivity contribution >= 4 is 17.7 Å². The Morgan fingerprint density at radius 3 is 3.00 bits per heavy atom. The predicted octanol–water partition coefficient (Wildman–Crippen LogP) is 0.402. The van der Waals surface area contributed by atoms with Crippen molar-refractivity contribution in [2.45, 2.75) is 6.17 Å². The van der Waals surface area contributed by atoms with Crippen LogP contribution in [0.4, 0.5) is 11.4 Å². The SMILES string of the molecule is NCCN1c2ccccc2NC1C=O. The van der Waals surface area contributed by atoms with Crippen LogP contribution in [0.5, 0.6) is 0 Å². The van der Waals surface area contributed by atoms with Crippen LogP contribution in [0.3, 0.4) is 0 Å². The third-order valence-corrected chi connectivity index (χ3v) is 2.35. The summed E-state index contributed by atoms with van der Waals surface area (Å²) < 4.78 is 0. The van der Waals surface area contributed by atoms with Crippen molar-refractivity contribution in [3.63, 3.8) is 0 Å². The molecule has 74 valence electrons. The van der Waals surface area contributed by atoms with Gasteiger partial charge in [0.2, 0.25) is 0 Å². The van der Waals surface area contributed by atoms with Crippen molar-refractivity contribution in [3.8, 4) is 0 Å². The zero-order valence-electron chi connectivity index (χ0n) is 7.81. The number of nitrogens with one attached hydrogen (secondary N) is 1. The number of aldehydes is 1. The van der Waals surface area contributed by atoms with E-state index in [0.717, 1.165) is 17.7 Å². The maximum atomic E-state index is 10.8. The lowest BCUT2D eigenvalue weighted by Crippen LogP contribution is -2.40. The molecular weight excluding hydrogens is 178 g/mol. The Morgan fingerprint density at radius 2 is 2.29 bits per heavy atom. The first kappa shape index (κ1) is 9.02. The lowest BCUT2D eigenvalue weighted by atomic mass is 10.2. The normalized spacial score (nSPS) is 18.9. The van der Waals surface area contributed by atoms with Gasteiger partial charge in [0.25, 0.3) is 0 Å². The first-order chi connectivity index (χ1) is 6.86. The summed E-state index contributed by atoms with van der Waals surface area (Å²) in [6, 6.07) is 7.85. The monoisotopic (exact) mass is 191 g/mol. The molecule has 0 aliphatic carbocycles. The minimum absolute atomic E-state index is 0.268. The molecule has 1 heterocycles. The van der Waals surface area contributed by atoms with Crippen LogP contribution in [0.1, 0.15) is 0 Å². The number of anilines is 2. The van der Waals surface area contributed by atoms with Crippen molar-refractivity contribution < 1.29 is 4.79 Å². The highest BCUT2D eigenvalue weighted by molar-refractivity contribution is 5.84. The molecule has 1 unspecified atom stereocenters. The maximum Gasteiger partial charge on any atom is 0.162 e. The molecule has 0 radical (unpaired) electrons. The standard InChI is InChI=1S/C10H13N3O/c11-5-6-13-9-4-2-1-3-8(9)12-10(13)7-14/h1-4,7,10,12H,5-6,11H2. The summed E-state index contributed by atoms with van der Waals surface area (Å²) in [7, 11) is 0. The van der Waals surface area contributed by atoms with E-state index in [9.17, 15) is 4.79 Å². The minimum atomic E-state index is -0.268. The van der Waals surface area contributed by atoms with E-state index < -0.39 is 0 Å². The van der Waals surface area contributed by atoms with Gasteiger partial charge in [0.05, 0.1) is 11.4 Å². The second-order valence-electron chi connectivity index (χ2n) is 3.22. The Bertz CT molecular complexity index is 340. The molecule has 2 rings (SSSR count). The molecule has 1 aromatic rings. The summed E-state index contributed by atoms with van der Waals surface area (Å²) in [5, 5.41) is 3.12. The zero-order valence-corrected chi connectivity index (χ0v) is 7.81. The predicted molar refractivity (Wildman–Crippen MR) is 56.3 cm³/mol. The third kappa shape index (κ3) is 1.33. The van der Waals surface area contributed by atoms with Crippen LogP contribution in [0.2, 0.25) is 0 Å². The van der Waals surface area contributed by atoms with Gasteiger partial charge < -0.3 is 16.0 Å². The van der Waals surface area contributed by atoms with Crippen LogP contribution in [-0.4, -0.2) is 25.5 Å². The highest BCUT2D eigenvalue weighted by Gasteiger charge is 2.26. The fourth-order valence-electron chi connectivity index (χ4n) is 1.74. The van der Waals surface area contributed by atoms with Gasteiger partial charge in [-0.15, -0.1) is 0 Å². The van der Waals surface area contributed by atoms with Crippen molar-refractivity contribution in [2.24, 2.45) is 5.73 Å². The van der Waals surface area contributed by atoms with E-state index in [0.29, 0.717) is 13.1 Å². The Labute approximate surface area is 82.7 Å². The number of nitrogens with zero attached hydrogens (tertiary/aromatic N) is 1. The minimum Gasteiger partial charge on any atom is -0.358 e. The first-order valence-corrected chi connectivity index (χ1v) is 4.64. The van der Waals surface area contributed by atoms with Crippen LogP contribution < -0.4 is 16.0 Å². The van der Waals surface area contributed by atoms with Gasteiger partial charge in [-0.25, -0.2) is 0 Å². The van der Waals surface area contributed by atoms with E-state index in [-0.39, 0.29) is 6.17 Å². The van der Waals surface area contributed by atoms with Crippen LogP contribution in [0, 0.1) is 0 Å². The van der Waals surface area contributed by atoms with Crippen LogP contribution in [-0.2, 0) is 4.79 Å². The van der Waals surface area contributed by atoms with Crippen molar-refractivity contribution in [2.75, 3.05) is 23.3 Å². The van der Waals surface area contributed by atoms with Gasteiger partial charge in [-0.1, -0.05) is 12.1 Å². The molecule has 14 heavy (non-hydrogen) atoms. The number of para-hydroxylation sites is 2. The topological polar surface area (TPSA) is 58.4 Å². The van der Waals surface area contributed by atoms with Gasteiger partial charge in [-0.2, -0.15) is 0 Å². The molecular formula is C10H13N3O. The molecule has 4 nitrogen and oxygen atoms in total. The Kier molecular flexibility index (Phi) is 2.37. The van der Waals surface area contributed by atoms with E-state index in [1.807, 2.05) is 29.2 Å². The van der Waals surface area contributed by atoms with Crippen LogP contribution in [0.25, 0.3) is 0 Å². The summed E-state index contributed by atoms with van der Waals surface area (Å²) in [5.41, 5.74) is 7.55. The van der Waals surface area contributed by atoms with Gasteiger partial charge in [0, 0.05) is 13.1 Å². The van der Waals surface area contributed by atoms with Gasteiger partial charge in [-0.3, -0.25) is 4.79 Å². The maximum absolute atomic E-state index is 10.8. The Hall–Kier alpha value is -1.55. The molecule has 0 saturated heterocycles. The number of carbonyl (C=O) groups excluding carboxylic acids is 1. The van der Waals surface area contributed by atoms with Crippen molar-refractivity contribution in [1.82, 2.24) is 0 Å². The van der Waals surface area contributed by atoms with Gasteiger partial charge in [0.1, 0.15) is 0 Å². The Morgan fingerprint density at radius 1 is 1.50 bits per heavy atom. The lowest BCUT2D eigenvalue weighted by molar-refractivity contribution is -0.108. The molecule has 4 heteroatoms. The summed E-state index contributed by atoms with van der Waals surface area (Å²) in [5.74, 6) is 0. The highest BCUT2D eigenvalue weighted by atomic mass is 16.1. The summed E-state index contributed by atoms with van der Waals surface area (Å²) in [4.78, 5) is 12.8. The molecule has 1 aromatic carbocycles. The number of rotatable bonds is 3. The van der Waals surface area contributed by atoms with Crippen molar-refractivity contribution in [3.05, 3.63) is 24.3 Å². The van der Waals surface area contributed by atoms with Crippen molar-refractivity contribution in [1.29, 1.82) is 0 Å². The third-order valence-electron chi connectivity index (χ3n) is 2.35. The first-order valence-electron chi connectivity index (χ1n) is 4.64. The van der Waals surface area contributed by atoms with Crippen LogP contribution in [0.15, 0.2) is 24.3 Å². The highest BCUT2D eigenvalue weighted by Crippen LogP contribution is 2.32. The van der Waals surface area contributed by atoms with E-state index in [1.54, 1.807) is 0 Å². The average Bonchev–Trinajstić information content (AvgIpc) is 2.58. The lowest BCUT2D eigenvalue weighted by Gasteiger charge is -2.21. The molecule has 0 saturated carbocycles. The number of carbonyl (C=O) groups is 1. The van der Waals surface area contributed by atoms with E-state index in [1.165, 1.54) is 0 Å². The Balaban J connectivity index is 2.31. The van der Waals surface area contributed by atoms with E-state index in [4.69, 9.17) is 5.73 Å². The fourth-order valence-corrected chi connectivity index (χ4v) is 1.74. The molecule has 1 aliphatic rings. The smallest absolute Gasteiger partial charge is 0.162 e. The number of nitrogens with two attached hydrogens (primary N) is 1. The molecule has 0 amide bonds. The zero-order chi connectivity index (χ0) is 9.97. The van der Waals surface area contributed by atoms with Crippen LogP contribution >= 0.6 is 0 Å². The van der Waals surface area contributed by atoms with Gasteiger partial charge in [0.15, 0.2) is 12.5 Å². The summed E-state index contributed by atoms with van der Waals surface area (Å²) in [6.07, 6.45) is 0.631. The number of benzene rings is 1. The average molecular weight is 191 g/mol. The molecule has 3 N–H and O–H groups in total. The van der Waals surface area contributed by atoms with Gasteiger partial charge >= 0.3 is 0 Å². The van der Waals surface area contributed by atoms with E-state index in [2.05, 4.69) is 5.32 Å². The van der Waals surface area contributed by atoms with Gasteiger partial charge in [-0.05, 0) is 12.1 Å². The molecule has 0 bridgehead atoms. The molecule has 0 fully saturated rings. The quantitative estimate of drug-likeness (QED) is 0.679. The molecule has 1 atom stereocenters. The number of hydrogen-bond donors (Lipinski definition) is 2. The summed E-state index contributed by atoms with van der Waals surface area (Å²) in [6.45, 7) is 1.23. The fraction of sp³-hybridized carbons (Fsp3) is 0.300. The largest absolute Gasteiger partial charge is 0.358 e.